The van der Waals surface area contributed by atoms with Gasteiger partial charge in [0.1, 0.15) is 5.58 Å². The van der Waals surface area contributed by atoms with E-state index in [1.807, 2.05) is 0 Å². The fourth-order valence-electron chi connectivity index (χ4n) is 1.56. The molecule has 0 unspecified atom stereocenters. The number of benzene rings is 1. The van der Waals surface area contributed by atoms with Gasteiger partial charge in [-0.2, -0.15) is 0 Å². The molecular formula is C12H11ClO3. The quantitative estimate of drug-likeness (QED) is 0.771. The fraction of sp³-hybridized carbons (Fsp3) is 0.250. The summed E-state index contributed by atoms with van der Waals surface area (Å²) in [7, 11) is 0. The molecule has 0 N–H and O–H groups in total. The summed E-state index contributed by atoms with van der Waals surface area (Å²) in [6.45, 7) is 2.16. The third-order valence-electron chi connectivity index (χ3n) is 2.26. The Kier molecular flexibility index (Phi) is 3.15. The predicted molar refractivity (Wildman–Crippen MR) is 61.6 cm³/mol. The molecule has 2 aromatic rings. The zero-order chi connectivity index (χ0) is 11.5. The Morgan fingerprint density at radius 1 is 1.50 bits per heavy atom. The Balaban J connectivity index is 2.30. The normalized spacial score (nSPS) is 10.6. The van der Waals surface area contributed by atoms with E-state index in [0.717, 1.165) is 16.5 Å². The van der Waals surface area contributed by atoms with Crippen molar-refractivity contribution in [2.45, 2.75) is 13.3 Å². The number of carbonyl (C=O) groups is 1. The van der Waals surface area contributed by atoms with E-state index in [4.69, 9.17) is 20.8 Å². The molecule has 1 aromatic carbocycles. The Bertz CT molecular complexity index is 516. The first-order valence-corrected chi connectivity index (χ1v) is 5.39. The topological polar surface area (TPSA) is 39.4 Å². The van der Waals surface area contributed by atoms with E-state index in [0.29, 0.717) is 11.6 Å². The fourth-order valence-corrected chi connectivity index (χ4v) is 1.73. The van der Waals surface area contributed by atoms with Crippen LogP contribution in [0.25, 0.3) is 11.0 Å². The van der Waals surface area contributed by atoms with Crippen LogP contribution in [0.1, 0.15) is 12.5 Å². The SMILES string of the molecule is CCOC(=O)Cc1coc2ccc(Cl)cc12. The summed E-state index contributed by atoms with van der Waals surface area (Å²) in [5, 5.41) is 1.49. The van der Waals surface area contributed by atoms with E-state index in [9.17, 15) is 4.79 Å². The first-order valence-electron chi connectivity index (χ1n) is 5.02. The van der Waals surface area contributed by atoms with E-state index in [1.54, 1.807) is 31.4 Å². The zero-order valence-electron chi connectivity index (χ0n) is 8.83. The van der Waals surface area contributed by atoms with Gasteiger partial charge in [-0.3, -0.25) is 4.79 Å². The Morgan fingerprint density at radius 3 is 3.06 bits per heavy atom. The lowest BCUT2D eigenvalue weighted by atomic mass is 10.1. The molecule has 0 atom stereocenters. The van der Waals surface area contributed by atoms with Crippen LogP contribution >= 0.6 is 11.6 Å². The highest BCUT2D eigenvalue weighted by atomic mass is 35.5. The number of hydrogen-bond acceptors (Lipinski definition) is 3. The van der Waals surface area contributed by atoms with Gasteiger partial charge < -0.3 is 9.15 Å². The molecule has 0 spiro atoms. The number of rotatable bonds is 3. The lowest BCUT2D eigenvalue weighted by Gasteiger charge is -1.99. The molecular weight excluding hydrogens is 228 g/mol. The van der Waals surface area contributed by atoms with Crippen molar-refractivity contribution < 1.29 is 13.9 Å². The molecule has 0 aliphatic rings. The minimum atomic E-state index is -0.259. The molecule has 4 heteroatoms. The molecule has 16 heavy (non-hydrogen) atoms. The van der Waals surface area contributed by atoms with Crippen LogP contribution in [0, 0.1) is 0 Å². The van der Waals surface area contributed by atoms with Crippen LogP contribution in [-0.4, -0.2) is 12.6 Å². The third-order valence-corrected chi connectivity index (χ3v) is 2.49. The molecule has 1 aromatic heterocycles. The summed E-state index contributed by atoms with van der Waals surface area (Å²) in [6.07, 6.45) is 1.78. The molecule has 0 aliphatic heterocycles. The third kappa shape index (κ3) is 2.19. The minimum Gasteiger partial charge on any atom is -0.466 e. The maximum atomic E-state index is 11.3. The number of halogens is 1. The second kappa shape index (κ2) is 4.58. The highest BCUT2D eigenvalue weighted by Crippen LogP contribution is 2.25. The van der Waals surface area contributed by atoms with E-state index in [2.05, 4.69) is 0 Å². The predicted octanol–water partition coefficient (Wildman–Crippen LogP) is 3.19. The molecule has 0 amide bonds. The molecule has 0 aliphatic carbocycles. The summed E-state index contributed by atoms with van der Waals surface area (Å²) in [6, 6.07) is 5.32. The summed E-state index contributed by atoms with van der Waals surface area (Å²) < 4.78 is 10.2. The number of hydrogen-bond donors (Lipinski definition) is 0. The van der Waals surface area contributed by atoms with Crippen LogP contribution in [0.3, 0.4) is 0 Å². The Labute approximate surface area is 97.9 Å². The highest BCUT2D eigenvalue weighted by molar-refractivity contribution is 6.31. The van der Waals surface area contributed by atoms with Gasteiger partial charge in [0.05, 0.1) is 19.3 Å². The van der Waals surface area contributed by atoms with Crippen LogP contribution < -0.4 is 0 Å². The molecule has 0 bridgehead atoms. The van der Waals surface area contributed by atoms with Gasteiger partial charge in [-0.05, 0) is 25.1 Å². The highest BCUT2D eigenvalue weighted by Gasteiger charge is 2.11. The first-order chi connectivity index (χ1) is 7.70. The number of carbonyl (C=O) groups excluding carboxylic acids is 1. The molecule has 0 radical (unpaired) electrons. The van der Waals surface area contributed by atoms with Crippen molar-refractivity contribution in [1.82, 2.24) is 0 Å². The lowest BCUT2D eigenvalue weighted by Crippen LogP contribution is -2.06. The molecule has 0 saturated carbocycles. The Hall–Kier alpha value is -1.48. The second-order valence-corrected chi connectivity index (χ2v) is 3.82. The lowest BCUT2D eigenvalue weighted by molar-refractivity contribution is -0.142. The Morgan fingerprint density at radius 2 is 2.31 bits per heavy atom. The van der Waals surface area contributed by atoms with Crippen molar-refractivity contribution in [3.8, 4) is 0 Å². The average Bonchev–Trinajstić information content (AvgIpc) is 2.61. The largest absolute Gasteiger partial charge is 0.466 e. The van der Waals surface area contributed by atoms with Crippen molar-refractivity contribution in [2.75, 3.05) is 6.61 Å². The van der Waals surface area contributed by atoms with Crippen LogP contribution in [0.4, 0.5) is 0 Å². The van der Waals surface area contributed by atoms with E-state index >= 15 is 0 Å². The minimum absolute atomic E-state index is 0.210. The van der Waals surface area contributed by atoms with Crippen LogP contribution in [0.15, 0.2) is 28.9 Å². The molecule has 84 valence electrons. The molecule has 0 saturated heterocycles. The van der Waals surface area contributed by atoms with Crippen molar-refractivity contribution in [1.29, 1.82) is 0 Å². The number of furan rings is 1. The summed E-state index contributed by atoms with van der Waals surface area (Å²) in [5.74, 6) is -0.259. The van der Waals surface area contributed by atoms with Crippen molar-refractivity contribution in [3.05, 3.63) is 35.0 Å². The molecule has 3 nitrogen and oxygen atoms in total. The number of ether oxygens (including phenoxy) is 1. The summed E-state index contributed by atoms with van der Waals surface area (Å²) >= 11 is 5.89. The van der Waals surface area contributed by atoms with Crippen LogP contribution in [0.2, 0.25) is 5.02 Å². The summed E-state index contributed by atoms with van der Waals surface area (Å²) in [5.41, 5.74) is 1.53. The number of fused-ring (bicyclic) bond motifs is 1. The van der Waals surface area contributed by atoms with Gasteiger partial charge >= 0.3 is 5.97 Å². The molecule has 1 heterocycles. The van der Waals surface area contributed by atoms with E-state index in [-0.39, 0.29) is 12.4 Å². The van der Waals surface area contributed by atoms with Gasteiger partial charge in [0.25, 0.3) is 0 Å². The van der Waals surface area contributed by atoms with Gasteiger partial charge in [-0.15, -0.1) is 0 Å². The molecule has 0 fully saturated rings. The summed E-state index contributed by atoms with van der Waals surface area (Å²) in [4.78, 5) is 11.3. The van der Waals surface area contributed by atoms with Crippen LogP contribution in [0.5, 0.6) is 0 Å². The van der Waals surface area contributed by atoms with Gasteiger partial charge in [0, 0.05) is 16.0 Å². The maximum absolute atomic E-state index is 11.3. The standard InChI is InChI=1S/C12H11ClO3/c1-2-15-12(14)5-8-7-16-11-4-3-9(13)6-10(8)11/h3-4,6-7H,2,5H2,1H3. The zero-order valence-corrected chi connectivity index (χ0v) is 9.58. The van der Waals surface area contributed by atoms with E-state index in [1.165, 1.54) is 0 Å². The van der Waals surface area contributed by atoms with Gasteiger partial charge in [0.15, 0.2) is 0 Å². The van der Waals surface area contributed by atoms with E-state index < -0.39 is 0 Å². The molecule has 2 rings (SSSR count). The maximum Gasteiger partial charge on any atom is 0.310 e. The van der Waals surface area contributed by atoms with Crippen molar-refractivity contribution in [3.63, 3.8) is 0 Å². The first kappa shape index (κ1) is 11.0. The van der Waals surface area contributed by atoms with Crippen LogP contribution in [-0.2, 0) is 16.0 Å². The monoisotopic (exact) mass is 238 g/mol. The number of esters is 1. The van der Waals surface area contributed by atoms with Gasteiger partial charge in [-0.1, -0.05) is 11.6 Å². The smallest absolute Gasteiger partial charge is 0.310 e. The van der Waals surface area contributed by atoms with Crippen molar-refractivity contribution in [2.24, 2.45) is 0 Å². The van der Waals surface area contributed by atoms with Crippen molar-refractivity contribution >= 4 is 28.5 Å². The average molecular weight is 239 g/mol. The second-order valence-electron chi connectivity index (χ2n) is 3.38. The van der Waals surface area contributed by atoms with Gasteiger partial charge in [-0.25, -0.2) is 0 Å². The van der Waals surface area contributed by atoms with Gasteiger partial charge in [0.2, 0.25) is 0 Å².